The van der Waals surface area contributed by atoms with Crippen molar-refractivity contribution < 1.29 is 4.79 Å². The Bertz CT molecular complexity index is 818. The van der Waals surface area contributed by atoms with E-state index in [-0.39, 0.29) is 17.0 Å². The molecule has 2 fully saturated rings. The number of amides is 1. The van der Waals surface area contributed by atoms with Gasteiger partial charge in [-0.05, 0) is 50.9 Å². The molecule has 6 heteroatoms. The Morgan fingerprint density at radius 2 is 1.80 bits per heavy atom. The second-order valence-electron chi connectivity index (χ2n) is 7.03. The quantitative estimate of drug-likeness (QED) is 0.836. The van der Waals surface area contributed by atoms with E-state index in [1.807, 2.05) is 11.0 Å². The molecule has 2 saturated heterocycles. The number of aromatic nitrogens is 2. The second-order valence-corrected chi connectivity index (χ2v) is 7.03. The molecule has 2 aliphatic rings. The third-order valence-electron chi connectivity index (χ3n) is 5.50. The molecule has 2 aliphatic heterocycles. The lowest BCUT2D eigenvalue weighted by Gasteiger charge is -2.40. The molecule has 0 aromatic carbocycles. The van der Waals surface area contributed by atoms with Gasteiger partial charge < -0.3 is 9.80 Å². The van der Waals surface area contributed by atoms with Crippen molar-refractivity contribution in [3.63, 3.8) is 0 Å². The number of hydrogen-bond donors (Lipinski definition) is 0. The smallest absolute Gasteiger partial charge is 0.270 e. The van der Waals surface area contributed by atoms with E-state index >= 15 is 0 Å². The van der Waals surface area contributed by atoms with Crippen LogP contribution in [-0.2, 0) is 0 Å². The second kappa shape index (κ2) is 6.96. The number of rotatable bonds is 2. The zero-order valence-corrected chi connectivity index (χ0v) is 14.4. The van der Waals surface area contributed by atoms with Crippen molar-refractivity contribution in [3.05, 3.63) is 46.5 Å². The largest absolute Gasteiger partial charge is 0.338 e. The predicted molar refractivity (Wildman–Crippen MR) is 95.8 cm³/mol. The van der Waals surface area contributed by atoms with Crippen LogP contribution in [0.1, 0.15) is 42.5 Å². The van der Waals surface area contributed by atoms with Crippen molar-refractivity contribution in [3.8, 4) is 0 Å². The lowest BCUT2D eigenvalue weighted by molar-refractivity contribution is 0.0588. The Morgan fingerprint density at radius 3 is 2.56 bits per heavy atom. The van der Waals surface area contributed by atoms with Gasteiger partial charge in [-0.2, -0.15) is 0 Å². The Kier molecular flexibility index (Phi) is 4.53. The fraction of sp³-hybridized carbons (Fsp3) is 0.526. The SMILES string of the molecule is O=C(c1cnc2ccccn2c1=O)N1CCC(N2CCCCC2)CC1. The minimum absolute atomic E-state index is 0.167. The summed E-state index contributed by atoms with van der Waals surface area (Å²) in [4.78, 5) is 34.0. The van der Waals surface area contributed by atoms with Gasteiger partial charge in [-0.3, -0.25) is 14.0 Å². The lowest BCUT2D eigenvalue weighted by Crippen LogP contribution is -2.48. The van der Waals surface area contributed by atoms with E-state index in [0.717, 1.165) is 25.9 Å². The first kappa shape index (κ1) is 16.3. The number of nitrogens with zero attached hydrogens (tertiary/aromatic N) is 4. The van der Waals surface area contributed by atoms with Gasteiger partial charge in [0.05, 0.1) is 0 Å². The van der Waals surface area contributed by atoms with Gasteiger partial charge in [-0.25, -0.2) is 4.98 Å². The fourth-order valence-electron chi connectivity index (χ4n) is 4.06. The van der Waals surface area contributed by atoms with Gasteiger partial charge in [0.1, 0.15) is 11.2 Å². The molecule has 0 N–H and O–H groups in total. The van der Waals surface area contributed by atoms with Crippen molar-refractivity contribution in [2.75, 3.05) is 26.2 Å². The standard InChI is InChI=1S/C19H24N4O2/c24-18(16-14-20-17-6-2-5-11-23(17)19(16)25)22-12-7-15(8-13-22)21-9-3-1-4-10-21/h2,5-6,11,14-15H,1,3-4,7-10,12-13H2. The highest BCUT2D eigenvalue weighted by atomic mass is 16.2. The molecule has 0 radical (unpaired) electrons. The fourth-order valence-corrected chi connectivity index (χ4v) is 4.06. The summed E-state index contributed by atoms with van der Waals surface area (Å²) in [7, 11) is 0. The summed E-state index contributed by atoms with van der Waals surface area (Å²) in [5, 5.41) is 0. The molecule has 0 atom stereocenters. The molecule has 25 heavy (non-hydrogen) atoms. The predicted octanol–water partition coefficient (Wildman–Crippen LogP) is 1.79. The Balaban J connectivity index is 1.47. The summed E-state index contributed by atoms with van der Waals surface area (Å²) in [5.41, 5.74) is 0.446. The highest BCUT2D eigenvalue weighted by molar-refractivity contribution is 5.93. The summed E-state index contributed by atoms with van der Waals surface area (Å²) in [6, 6.07) is 5.95. The maximum atomic E-state index is 12.8. The maximum absolute atomic E-state index is 12.8. The van der Waals surface area contributed by atoms with E-state index in [2.05, 4.69) is 9.88 Å². The van der Waals surface area contributed by atoms with Gasteiger partial charge >= 0.3 is 0 Å². The van der Waals surface area contributed by atoms with Crippen LogP contribution in [0.4, 0.5) is 0 Å². The number of piperidine rings is 2. The van der Waals surface area contributed by atoms with Crippen LogP contribution < -0.4 is 5.56 Å². The van der Waals surface area contributed by atoms with Crippen LogP contribution in [-0.4, -0.2) is 57.3 Å². The van der Waals surface area contributed by atoms with E-state index in [1.54, 1.807) is 18.3 Å². The van der Waals surface area contributed by atoms with Gasteiger partial charge in [0.2, 0.25) is 0 Å². The molecule has 0 saturated carbocycles. The zero-order valence-electron chi connectivity index (χ0n) is 14.4. The first-order valence-corrected chi connectivity index (χ1v) is 9.24. The third-order valence-corrected chi connectivity index (χ3v) is 5.50. The van der Waals surface area contributed by atoms with Crippen LogP contribution in [0.2, 0.25) is 0 Å². The minimum Gasteiger partial charge on any atom is -0.338 e. The summed E-state index contributed by atoms with van der Waals surface area (Å²) < 4.78 is 1.44. The van der Waals surface area contributed by atoms with Gasteiger partial charge in [0.25, 0.3) is 11.5 Å². The number of fused-ring (bicyclic) bond motifs is 1. The molecule has 1 amide bonds. The Labute approximate surface area is 147 Å². The average Bonchev–Trinajstić information content (AvgIpc) is 2.69. The number of likely N-dealkylation sites (tertiary alicyclic amines) is 2. The van der Waals surface area contributed by atoms with Crippen molar-refractivity contribution in [1.82, 2.24) is 19.2 Å². The molecule has 4 heterocycles. The molecule has 0 bridgehead atoms. The number of pyridine rings is 1. The summed E-state index contributed by atoms with van der Waals surface area (Å²) in [5.74, 6) is -0.187. The Morgan fingerprint density at radius 1 is 1.04 bits per heavy atom. The molecule has 2 aromatic heterocycles. The highest BCUT2D eigenvalue weighted by Gasteiger charge is 2.29. The molecule has 0 spiro atoms. The maximum Gasteiger partial charge on any atom is 0.270 e. The molecular weight excluding hydrogens is 316 g/mol. The minimum atomic E-state index is -0.284. The molecule has 0 unspecified atom stereocenters. The van der Waals surface area contributed by atoms with E-state index in [0.29, 0.717) is 11.7 Å². The van der Waals surface area contributed by atoms with Gasteiger partial charge in [0, 0.05) is 31.5 Å². The van der Waals surface area contributed by atoms with Crippen LogP contribution >= 0.6 is 0 Å². The molecule has 0 aliphatic carbocycles. The molecule has 2 aromatic rings. The third kappa shape index (κ3) is 3.18. The van der Waals surface area contributed by atoms with Crippen molar-refractivity contribution in [1.29, 1.82) is 0 Å². The van der Waals surface area contributed by atoms with E-state index < -0.39 is 0 Å². The lowest BCUT2D eigenvalue weighted by atomic mass is 9.99. The number of carbonyl (C=O) groups is 1. The first-order valence-electron chi connectivity index (χ1n) is 9.24. The summed E-state index contributed by atoms with van der Waals surface area (Å²) in [6.45, 7) is 3.82. The van der Waals surface area contributed by atoms with Crippen molar-refractivity contribution in [2.45, 2.75) is 38.1 Å². The summed E-state index contributed by atoms with van der Waals surface area (Å²) >= 11 is 0. The van der Waals surface area contributed by atoms with Crippen LogP contribution in [0.5, 0.6) is 0 Å². The van der Waals surface area contributed by atoms with Gasteiger partial charge in [-0.1, -0.05) is 12.5 Å². The molecule has 4 rings (SSSR count). The van der Waals surface area contributed by atoms with Crippen LogP contribution in [0, 0.1) is 0 Å². The van der Waals surface area contributed by atoms with E-state index in [9.17, 15) is 9.59 Å². The van der Waals surface area contributed by atoms with Crippen LogP contribution in [0.3, 0.4) is 0 Å². The van der Waals surface area contributed by atoms with E-state index in [4.69, 9.17) is 0 Å². The average molecular weight is 340 g/mol. The number of carbonyl (C=O) groups excluding carboxylic acids is 1. The van der Waals surface area contributed by atoms with E-state index in [1.165, 1.54) is 42.9 Å². The molecule has 132 valence electrons. The van der Waals surface area contributed by atoms with Gasteiger partial charge in [-0.15, -0.1) is 0 Å². The van der Waals surface area contributed by atoms with Gasteiger partial charge in [0.15, 0.2) is 0 Å². The normalized spacial score (nSPS) is 20.1. The Hall–Kier alpha value is -2.21. The topological polar surface area (TPSA) is 57.9 Å². The van der Waals surface area contributed by atoms with Crippen molar-refractivity contribution >= 4 is 11.6 Å². The monoisotopic (exact) mass is 340 g/mol. The summed E-state index contributed by atoms with van der Waals surface area (Å²) in [6.07, 6.45) is 8.99. The number of hydrogen-bond acceptors (Lipinski definition) is 4. The van der Waals surface area contributed by atoms with Crippen molar-refractivity contribution in [2.24, 2.45) is 0 Å². The highest BCUT2D eigenvalue weighted by Crippen LogP contribution is 2.21. The zero-order chi connectivity index (χ0) is 17.2. The van der Waals surface area contributed by atoms with Crippen LogP contribution in [0.25, 0.3) is 5.65 Å². The molecular formula is C19H24N4O2. The first-order chi connectivity index (χ1) is 12.2. The molecule has 6 nitrogen and oxygen atoms in total. The van der Waals surface area contributed by atoms with Crippen LogP contribution in [0.15, 0.2) is 35.4 Å².